The molecule has 0 amide bonds. The van der Waals surface area contributed by atoms with Crippen LogP contribution >= 0.6 is 0 Å². The van der Waals surface area contributed by atoms with Crippen LogP contribution in [0.25, 0.3) is 0 Å². The van der Waals surface area contributed by atoms with Gasteiger partial charge in [-0.15, -0.1) is 0 Å². The van der Waals surface area contributed by atoms with Crippen molar-refractivity contribution in [2.75, 3.05) is 13.2 Å². The van der Waals surface area contributed by atoms with Gasteiger partial charge in [-0.3, -0.25) is 0 Å². The lowest BCUT2D eigenvalue weighted by atomic mass is 9.85. The number of aliphatic imine (C=N–C) groups is 1. The minimum atomic E-state index is -1.48. The molecule has 1 saturated heterocycles. The molecule has 1 aromatic carbocycles. The second-order valence-electron chi connectivity index (χ2n) is 5.99. The number of amidine groups is 1. The molecule has 1 aliphatic carbocycles. The highest BCUT2D eigenvalue weighted by Crippen LogP contribution is 2.85. The van der Waals surface area contributed by atoms with E-state index in [1.165, 1.54) is 0 Å². The lowest BCUT2D eigenvalue weighted by molar-refractivity contribution is -0.187. The van der Waals surface area contributed by atoms with E-state index in [1.807, 2.05) is 37.3 Å². The van der Waals surface area contributed by atoms with Crippen molar-refractivity contribution in [3.8, 4) is 12.1 Å². The molecule has 0 aromatic heterocycles. The summed E-state index contributed by atoms with van der Waals surface area (Å²) in [5.74, 6) is -1.36. The smallest absolute Gasteiger partial charge is 0.293 e. The van der Waals surface area contributed by atoms with Crippen LogP contribution in [0.15, 0.2) is 35.3 Å². The van der Waals surface area contributed by atoms with Crippen LogP contribution in [0.3, 0.4) is 0 Å². The number of hydrogen-bond donors (Lipinski definition) is 1. The van der Waals surface area contributed by atoms with E-state index < -0.39 is 22.2 Å². The van der Waals surface area contributed by atoms with Crippen LogP contribution in [0.2, 0.25) is 0 Å². The van der Waals surface area contributed by atoms with Crippen LogP contribution in [0, 0.1) is 33.5 Å². The first-order valence-electron chi connectivity index (χ1n) is 7.08. The van der Waals surface area contributed by atoms with Gasteiger partial charge in [-0.25, -0.2) is 4.99 Å². The molecule has 2 fully saturated rings. The molecule has 6 heteroatoms. The van der Waals surface area contributed by atoms with Crippen LogP contribution < -0.4 is 5.73 Å². The maximum atomic E-state index is 10.0. The van der Waals surface area contributed by atoms with Crippen LogP contribution in [-0.4, -0.2) is 25.0 Å². The van der Waals surface area contributed by atoms with Gasteiger partial charge in [0.05, 0.1) is 25.4 Å². The van der Waals surface area contributed by atoms with Crippen molar-refractivity contribution < 1.29 is 9.47 Å². The molecular weight excluding hydrogens is 280 g/mol. The summed E-state index contributed by atoms with van der Waals surface area (Å²) >= 11 is 0. The molecule has 4 rings (SSSR count). The fraction of sp³-hybridized carbons (Fsp3) is 0.438. The second-order valence-corrected chi connectivity index (χ2v) is 5.99. The minimum absolute atomic E-state index is 0.116. The van der Waals surface area contributed by atoms with Crippen molar-refractivity contribution in [1.82, 2.24) is 0 Å². The Labute approximate surface area is 127 Å². The van der Waals surface area contributed by atoms with E-state index in [0.717, 1.165) is 5.56 Å². The van der Waals surface area contributed by atoms with Gasteiger partial charge in [0.15, 0.2) is 10.8 Å². The lowest BCUT2D eigenvalue weighted by Gasteiger charge is -2.29. The number of nitrogens with two attached hydrogens (primary N) is 1. The molecular formula is C16H14N4O2. The van der Waals surface area contributed by atoms with Gasteiger partial charge in [-0.2, -0.15) is 10.5 Å². The lowest BCUT2D eigenvalue weighted by Crippen LogP contribution is -2.42. The Morgan fingerprint density at radius 3 is 2.32 bits per heavy atom. The molecule has 2 heterocycles. The molecule has 0 unspecified atom stereocenters. The molecule has 1 spiro atoms. The van der Waals surface area contributed by atoms with E-state index >= 15 is 0 Å². The van der Waals surface area contributed by atoms with E-state index in [0.29, 0.717) is 13.2 Å². The maximum absolute atomic E-state index is 10.0. The van der Waals surface area contributed by atoms with E-state index in [2.05, 4.69) is 17.1 Å². The number of nitrogens with zero attached hydrogens (tertiary/aromatic N) is 3. The number of benzene rings is 1. The zero-order chi connectivity index (χ0) is 15.6. The number of fused-ring (bicyclic) bond motifs is 2. The van der Waals surface area contributed by atoms with E-state index in [9.17, 15) is 10.5 Å². The molecule has 2 N–H and O–H groups in total. The van der Waals surface area contributed by atoms with Crippen molar-refractivity contribution in [2.24, 2.45) is 21.6 Å². The zero-order valence-corrected chi connectivity index (χ0v) is 12.0. The zero-order valence-electron chi connectivity index (χ0n) is 12.0. The summed E-state index contributed by atoms with van der Waals surface area (Å²) in [5.41, 5.74) is 3.62. The molecule has 1 aromatic rings. The third kappa shape index (κ3) is 0.945. The standard InChI is InChI=1S/C16H14N4O2/c1-13(11-5-3-2-4-6-11)14(9-17)12(19)20-16(15(13,14)10-18)21-7-8-22-16/h2-6H,7-8H2,1H3,(H2,19,20)/t13-,14+,15-/m1/s1. The number of hydrogen-bond acceptors (Lipinski definition) is 6. The summed E-state index contributed by atoms with van der Waals surface area (Å²) in [7, 11) is 0. The fourth-order valence-corrected chi connectivity index (χ4v) is 4.45. The molecule has 0 bridgehead atoms. The molecule has 0 radical (unpaired) electrons. The highest BCUT2D eigenvalue weighted by molar-refractivity contribution is 6.02. The monoisotopic (exact) mass is 294 g/mol. The van der Waals surface area contributed by atoms with Gasteiger partial charge in [0.2, 0.25) is 0 Å². The summed E-state index contributed by atoms with van der Waals surface area (Å²) < 4.78 is 11.4. The van der Waals surface area contributed by atoms with Crippen molar-refractivity contribution in [3.05, 3.63) is 35.9 Å². The normalized spacial score (nSPS) is 40.6. The molecule has 6 nitrogen and oxygen atoms in total. The number of rotatable bonds is 1. The molecule has 2 aliphatic heterocycles. The first kappa shape index (κ1) is 13.3. The summed E-state index contributed by atoms with van der Waals surface area (Å²) in [6, 6.07) is 14.0. The van der Waals surface area contributed by atoms with Crippen molar-refractivity contribution in [1.29, 1.82) is 10.5 Å². The predicted molar refractivity (Wildman–Crippen MR) is 76.1 cm³/mol. The molecule has 1 saturated carbocycles. The topological polar surface area (TPSA) is 104 Å². The number of nitriles is 2. The highest BCUT2D eigenvalue weighted by Gasteiger charge is 3.00. The fourth-order valence-electron chi connectivity index (χ4n) is 4.45. The summed E-state index contributed by atoms with van der Waals surface area (Å²) in [4.78, 5) is 4.26. The summed E-state index contributed by atoms with van der Waals surface area (Å²) in [6.07, 6.45) is 0. The molecule has 3 atom stereocenters. The first-order valence-corrected chi connectivity index (χ1v) is 7.08. The Balaban J connectivity index is 2.03. The average Bonchev–Trinajstić information content (AvgIpc) is 2.83. The maximum Gasteiger partial charge on any atom is 0.293 e. The Bertz CT molecular complexity index is 772. The van der Waals surface area contributed by atoms with E-state index in [1.54, 1.807) is 0 Å². The molecule has 110 valence electrons. The predicted octanol–water partition coefficient (Wildman–Crippen LogP) is 1.05. The third-order valence-electron chi connectivity index (χ3n) is 5.49. The number of ether oxygens (including phenoxy) is 2. The van der Waals surface area contributed by atoms with Gasteiger partial charge in [-0.1, -0.05) is 37.3 Å². The summed E-state index contributed by atoms with van der Waals surface area (Å²) in [6.45, 7) is 2.52. The SMILES string of the molecule is C[C@@]1(c2ccccc2)[C@]2(C#N)C(N)=NC3(OCCO3)[C@@]21C#N. The van der Waals surface area contributed by atoms with Crippen molar-refractivity contribution >= 4 is 5.84 Å². The Kier molecular flexibility index (Phi) is 2.21. The van der Waals surface area contributed by atoms with Gasteiger partial charge < -0.3 is 15.2 Å². The van der Waals surface area contributed by atoms with Gasteiger partial charge in [-0.05, 0) is 5.56 Å². The minimum Gasteiger partial charge on any atom is -0.386 e. The quantitative estimate of drug-likeness (QED) is 0.833. The Hall–Kier alpha value is -2.41. The van der Waals surface area contributed by atoms with Crippen LogP contribution in [0.5, 0.6) is 0 Å². The van der Waals surface area contributed by atoms with E-state index in [-0.39, 0.29) is 5.84 Å². The van der Waals surface area contributed by atoms with Crippen molar-refractivity contribution in [2.45, 2.75) is 18.2 Å². The van der Waals surface area contributed by atoms with Crippen molar-refractivity contribution in [3.63, 3.8) is 0 Å². The molecule has 22 heavy (non-hydrogen) atoms. The van der Waals surface area contributed by atoms with Crippen LogP contribution in [-0.2, 0) is 14.9 Å². The molecule has 3 aliphatic rings. The van der Waals surface area contributed by atoms with Gasteiger partial charge in [0.25, 0.3) is 5.91 Å². The largest absolute Gasteiger partial charge is 0.386 e. The van der Waals surface area contributed by atoms with Gasteiger partial charge in [0, 0.05) is 5.41 Å². The summed E-state index contributed by atoms with van der Waals surface area (Å²) in [5, 5.41) is 19.9. The third-order valence-corrected chi connectivity index (χ3v) is 5.49. The Morgan fingerprint density at radius 2 is 1.77 bits per heavy atom. The van der Waals surface area contributed by atoms with E-state index in [4.69, 9.17) is 15.2 Å². The van der Waals surface area contributed by atoms with Crippen LogP contribution in [0.1, 0.15) is 12.5 Å². The first-order chi connectivity index (χ1) is 10.6. The second kappa shape index (κ2) is 3.67. The average molecular weight is 294 g/mol. The van der Waals surface area contributed by atoms with Crippen LogP contribution in [0.4, 0.5) is 0 Å². The Morgan fingerprint density at radius 1 is 1.14 bits per heavy atom. The van der Waals surface area contributed by atoms with Gasteiger partial charge in [0.1, 0.15) is 5.84 Å². The highest BCUT2D eigenvalue weighted by atomic mass is 16.8. The van der Waals surface area contributed by atoms with Gasteiger partial charge >= 0.3 is 0 Å².